The highest BCUT2D eigenvalue weighted by atomic mass is 14.2. The first kappa shape index (κ1) is 10.8. The molecule has 0 spiro atoms. The van der Waals surface area contributed by atoms with E-state index >= 15 is 0 Å². The molecule has 0 unspecified atom stereocenters. The molecule has 0 saturated heterocycles. The Labute approximate surface area is 114 Å². The van der Waals surface area contributed by atoms with Crippen LogP contribution in [0.1, 0.15) is 30.0 Å². The Morgan fingerprint density at radius 2 is 1.74 bits per heavy atom. The van der Waals surface area contributed by atoms with Crippen LogP contribution in [0, 0.1) is 0 Å². The van der Waals surface area contributed by atoms with Gasteiger partial charge in [-0.15, -0.1) is 0 Å². The first-order chi connectivity index (χ1) is 9.33. The van der Waals surface area contributed by atoms with Gasteiger partial charge in [0.25, 0.3) is 0 Å². The van der Waals surface area contributed by atoms with Gasteiger partial charge in [0, 0.05) is 0 Å². The summed E-state index contributed by atoms with van der Waals surface area (Å²) in [6.45, 7) is 2.21. The molecular formula is C19H16. The molecule has 2 aromatic rings. The molecule has 0 fully saturated rings. The van der Waals surface area contributed by atoms with Gasteiger partial charge in [0.2, 0.25) is 0 Å². The zero-order valence-electron chi connectivity index (χ0n) is 11.1. The van der Waals surface area contributed by atoms with Gasteiger partial charge in [0.05, 0.1) is 0 Å². The highest BCUT2D eigenvalue weighted by Crippen LogP contribution is 2.39. The average Bonchev–Trinajstić information content (AvgIpc) is 3.01. The van der Waals surface area contributed by atoms with E-state index < -0.39 is 0 Å². The van der Waals surface area contributed by atoms with Crippen LogP contribution in [0.2, 0.25) is 0 Å². The zero-order valence-corrected chi connectivity index (χ0v) is 11.1. The molecule has 0 saturated carbocycles. The maximum absolute atomic E-state index is 2.39. The molecule has 0 aromatic heterocycles. The van der Waals surface area contributed by atoms with Crippen molar-refractivity contribution >= 4 is 5.57 Å². The number of fused-ring (bicyclic) bond motifs is 3. The van der Waals surface area contributed by atoms with Crippen molar-refractivity contribution in [2.24, 2.45) is 0 Å². The summed E-state index contributed by atoms with van der Waals surface area (Å²) < 4.78 is 0. The Hall–Kier alpha value is -2.08. The van der Waals surface area contributed by atoms with Crippen LogP contribution in [0.3, 0.4) is 0 Å². The minimum atomic E-state index is 1.08. The average molecular weight is 244 g/mol. The van der Waals surface area contributed by atoms with E-state index in [1.54, 1.807) is 0 Å². The second-order valence-electron chi connectivity index (χ2n) is 5.47. The molecule has 2 aliphatic rings. The molecule has 2 aromatic carbocycles. The van der Waals surface area contributed by atoms with Gasteiger partial charge < -0.3 is 0 Å². The second kappa shape index (κ2) is 3.96. The molecule has 92 valence electrons. The summed E-state index contributed by atoms with van der Waals surface area (Å²) in [5, 5.41) is 0. The molecule has 0 atom stereocenters. The van der Waals surface area contributed by atoms with Gasteiger partial charge in [-0.1, -0.05) is 54.6 Å². The molecular weight excluding hydrogens is 228 g/mol. The summed E-state index contributed by atoms with van der Waals surface area (Å²) in [4.78, 5) is 0. The van der Waals surface area contributed by atoms with Crippen LogP contribution in [0.15, 0.2) is 60.2 Å². The molecule has 0 aliphatic heterocycles. The molecule has 4 rings (SSSR count). The van der Waals surface area contributed by atoms with E-state index in [4.69, 9.17) is 0 Å². The molecule has 0 bridgehead atoms. The molecule has 0 radical (unpaired) electrons. The zero-order chi connectivity index (χ0) is 12.8. The Morgan fingerprint density at radius 1 is 0.895 bits per heavy atom. The van der Waals surface area contributed by atoms with Gasteiger partial charge in [0.1, 0.15) is 0 Å². The van der Waals surface area contributed by atoms with Gasteiger partial charge in [0.15, 0.2) is 0 Å². The monoisotopic (exact) mass is 244 g/mol. The predicted molar refractivity (Wildman–Crippen MR) is 81.0 cm³/mol. The minimum absolute atomic E-state index is 1.08. The van der Waals surface area contributed by atoms with Crippen molar-refractivity contribution in [3.05, 3.63) is 76.9 Å². The number of hydrogen-bond acceptors (Lipinski definition) is 0. The minimum Gasteiger partial charge on any atom is -0.0798 e. The van der Waals surface area contributed by atoms with Gasteiger partial charge in [-0.25, -0.2) is 0 Å². The smallest absolute Gasteiger partial charge is 0.00132 e. The van der Waals surface area contributed by atoms with E-state index in [9.17, 15) is 0 Å². The lowest BCUT2D eigenvalue weighted by Gasteiger charge is -2.08. The Bertz CT molecular complexity index is 729. The van der Waals surface area contributed by atoms with Crippen molar-refractivity contribution in [3.8, 4) is 11.1 Å². The molecule has 2 aliphatic carbocycles. The number of rotatable bonds is 1. The third-order valence-electron chi connectivity index (χ3n) is 4.31. The van der Waals surface area contributed by atoms with Crippen LogP contribution in [-0.4, -0.2) is 0 Å². The molecule has 0 N–H and O–H groups in total. The van der Waals surface area contributed by atoms with Crippen molar-refractivity contribution in [2.45, 2.75) is 19.8 Å². The van der Waals surface area contributed by atoms with E-state index in [2.05, 4.69) is 61.5 Å². The number of benzene rings is 2. The highest BCUT2D eigenvalue weighted by molar-refractivity contribution is 5.81. The van der Waals surface area contributed by atoms with E-state index in [1.165, 1.54) is 39.0 Å². The quantitative estimate of drug-likeness (QED) is 0.565. The first-order valence-corrected chi connectivity index (χ1v) is 6.91. The fourth-order valence-electron chi connectivity index (χ4n) is 3.29. The number of allylic oxidation sites excluding steroid dienone is 4. The lowest BCUT2D eigenvalue weighted by Crippen LogP contribution is -1.87. The summed E-state index contributed by atoms with van der Waals surface area (Å²) >= 11 is 0. The summed E-state index contributed by atoms with van der Waals surface area (Å²) in [5.74, 6) is 0. The van der Waals surface area contributed by atoms with Crippen LogP contribution in [0.4, 0.5) is 0 Å². The largest absolute Gasteiger partial charge is 0.0798 e. The fraction of sp³-hybridized carbons (Fsp3) is 0.158. The maximum Gasteiger partial charge on any atom is -0.00132 e. The normalized spacial score (nSPS) is 15.8. The second-order valence-corrected chi connectivity index (χ2v) is 5.47. The third kappa shape index (κ3) is 1.60. The number of hydrogen-bond donors (Lipinski definition) is 0. The van der Waals surface area contributed by atoms with Crippen molar-refractivity contribution in [1.82, 2.24) is 0 Å². The summed E-state index contributed by atoms with van der Waals surface area (Å²) in [6.07, 6.45) is 6.65. The van der Waals surface area contributed by atoms with Gasteiger partial charge in [-0.2, -0.15) is 0 Å². The Balaban J connectivity index is 1.82. The highest BCUT2D eigenvalue weighted by Gasteiger charge is 2.19. The van der Waals surface area contributed by atoms with Crippen LogP contribution in [-0.2, 0) is 6.42 Å². The Morgan fingerprint density at radius 3 is 2.58 bits per heavy atom. The molecule has 0 amide bonds. The van der Waals surface area contributed by atoms with E-state index in [1.807, 2.05) is 0 Å². The van der Waals surface area contributed by atoms with Crippen LogP contribution >= 0.6 is 0 Å². The van der Waals surface area contributed by atoms with Gasteiger partial charge >= 0.3 is 0 Å². The van der Waals surface area contributed by atoms with Gasteiger partial charge in [-0.05, 0) is 58.7 Å². The van der Waals surface area contributed by atoms with E-state index in [-0.39, 0.29) is 0 Å². The molecule has 0 heteroatoms. The van der Waals surface area contributed by atoms with Crippen LogP contribution < -0.4 is 0 Å². The molecule has 0 heterocycles. The lowest BCUT2D eigenvalue weighted by molar-refractivity contribution is 1.25. The summed E-state index contributed by atoms with van der Waals surface area (Å²) in [7, 11) is 0. The molecule has 0 nitrogen and oxygen atoms in total. The van der Waals surface area contributed by atoms with Crippen molar-refractivity contribution in [1.29, 1.82) is 0 Å². The SMILES string of the molecule is CC1=C(c2ccc3c(c2)Cc2ccccc2-3)CC=C1. The van der Waals surface area contributed by atoms with Crippen molar-refractivity contribution in [2.75, 3.05) is 0 Å². The van der Waals surface area contributed by atoms with Gasteiger partial charge in [-0.3, -0.25) is 0 Å². The van der Waals surface area contributed by atoms with Crippen molar-refractivity contribution < 1.29 is 0 Å². The van der Waals surface area contributed by atoms with E-state index in [0.717, 1.165) is 12.8 Å². The standard InChI is InChI=1S/C19H16/c1-13-5-4-8-17(13)15-9-10-19-16(12-15)11-14-6-2-3-7-18(14)19/h2-7,9-10,12H,8,11H2,1H3. The maximum atomic E-state index is 2.39. The predicted octanol–water partition coefficient (Wildman–Crippen LogP) is 4.99. The van der Waals surface area contributed by atoms with Crippen LogP contribution in [0.5, 0.6) is 0 Å². The Kier molecular flexibility index (Phi) is 2.25. The van der Waals surface area contributed by atoms with E-state index in [0.29, 0.717) is 0 Å². The van der Waals surface area contributed by atoms with Crippen molar-refractivity contribution in [3.63, 3.8) is 0 Å². The molecule has 19 heavy (non-hydrogen) atoms. The summed E-state index contributed by atoms with van der Waals surface area (Å²) in [6, 6.07) is 15.7. The summed E-state index contributed by atoms with van der Waals surface area (Å²) in [5.41, 5.74) is 10.1. The lowest BCUT2D eigenvalue weighted by atomic mass is 9.97. The third-order valence-corrected chi connectivity index (χ3v) is 4.31. The first-order valence-electron chi connectivity index (χ1n) is 6.91. The fourth-order valence-corrected chi connectivity index (χ4v) is 3.29. The topological polar surface area (TPSA) is 0 Å². The van der Waals surface area contributed by atoms with Crippen LogP contribution in [0.25, 0.3) is 16.7 Å².